The van der Waals surface area contributed by atoms with Gasteiger partial charge in [0.05, 0.1) is 5.92 Å². The molecule has 2 N–H and O–H groups in total. The maximum Gasteiger partial charge on any atom is 0.0581 e. The second-order valence-electron chi connectivity index (χ2n) is 3.90. The maximum atomic E-state index is 6.22. The third-order valence-corrected chi connectivity index (χ3v) is 2.81. The van der Waals surface area contributed by atoms with Crippen LogP contribution in [0.2, 0.25) is 0 Å². The number of rotatable bonds is 2. The fourth-order valence-corrected chi connectivity index (χ4v) is 1.97. The number of hydrogen-bond donors (Lipinski definition) is 1. The molecule has 3 heteroatoms. The number of benzene rings is 1. The normalized spacial score (nSPS) is 18.6. The van der Waals surface area contributed by atoms with E-state index in [1.165, 1.54) is 0 Å². The Balaban J connectivity index is 2.26. The third-order valence-electron chi connectivity index (χ3n) is 2.81. The fourth-order valence-electron chi connectivity index (χ4n) is 1.97. The molecule has 1 heterocycles. The first-order chi connectivity index (χ1) is 7.20. The molecule has 0 amide bonds. The molecule has 1 aliphatic heterocycles. The SMILES string of the molecule is CC1=NN=C(C)C1[C@@H](N)c1ccccc1. The minimum atomic E-state index is -0.0406. The monoisotopic (exact) mass is 201 g/mol. The van der Waals surface area contributed by atoms with E-state index in [1.807, 2.05) is 44.2 Å². The van der Waals surface area contributed by atoms with Gasteiger partial charge in [-0.15, -0.1) is 0 Å². The fraction of sp³-hybridized carbons (Fsp3) is 0.333. The Morgan fingerprint density at radius 2 is 1.60 bits per heavy atom. The molecule has 0 unspecified atom stereocenters. The predicted octanol–water partition coefficient (Wildman–Crippen LogP) is 2.15. The van der Waals surface area contributed by atoms with Crippen LogP contribution in [0.4, 0.5) is 0 Å². The molecule has 0 saturated heterocycles. The van der Waals surface area contributed by atoms with Gasteiger partial charge in [0.1, 0.15) is 0 Å². The van der Waals surface area contributed by atoms with Gasteiger partial charge in [-0.2, -0.15) is 10.2 Å². The van der Waals surface area contributed by atoms with Crippen LogP contribution in [0.3, 0.4) is 0 Å². The van der Waals surface area contributed by atoms with Gasteiger partial charge in [0, 0.05) is 17.5 Å². The Kier molecular flexibility index (Phi) is 2.64. The first kappa shape index (κ1) is 10.1. The van der Waals surface area contributed by atoms with E-state index in [2.05, 4.69) is 10.2 Å². The van der Waals surface area contributed by atoms with Crippen molar-refractivity contribution in [1.29, 1.82) is 0 Å². The molecule has 0 aromatic heterocycles. The Labute approximate surface area is 89.7 Å². The molecule has 0 aliphatic carbocycles. The van der Waals surface area contributed by atoms with Crippen LogP contribution in [-0.4, -0.2) is 11.4 Å². The molecule has 0 fully saturated rings. The van der Waals surface area contributed by atoms with Crippen molar-refractivity contribution >= 4 is 11.4 Å². The maximum absolute atomic E-state index is 6.22. The zero-order chi connectivity index (χ0) is 10.8. The van der Waals surface area contributed by atoms with Gasteiger partial charge >= 0.3 is 0 Å². The Bertz CT molecular complexity index is 388. The number of hydrogen-bond acceptors (Lipinski definition) is 3. The molecule has 1 aromatic carbocycles. The average Bonchev–Trinajstić information content (AvgIpc) is 2.59. The van der Waals surface area contributed by atoms with Crippen LogP contribution < -0.4 is 5.73 Å². The molecule has 1 atom stereocenters. The second kappa shape index (κ2) is 3.95. The quantitative estimate of drug-likeness (QED) is 0.783. The zero-order valence-electron chi connectivity index (χ0n) is 9.01. The summed E-state index contributed by atoms with van der Waals surface area (Å²) < 4.78 is 0. The second-order valence-corrected chi connectivity index (χ2v) is 3.90. The summed E-state index contributed by atoms with van der Waals surface area (Å²) in [5.41, 5.74) is 9.36. The lowest BCUT2D eigenvalue weighted by Gasteiger charge is -2.19. The highest BCUT2D eigenvalue weighted by Gasteiger charge is 2.28. The Morgan fingerprint density at radius 1 is 1.07 bits per heavy atom. The van der Waals surface area contributed by atoms with Crippen LogP contribution in [0.25, 0.3) is 0 Å². The van der Waals surface area contributed by atoms with Crippen LogP contribution in [0.1, 0.15) is 25.5 Å². The minimum Gasteiger partial charge on any atom is -0.323 e. The standard InChI is InChI=1S/C12H15N3/c1-8-11(9(2)15-14-8)12(13)10-6-4-3-5-7-10/h3-7,11-12H,13H2,1-2H3/t12-/m0/s1. The van der Waals surface area contributed by atoms with E-state index in [-0.39, 0.29) is 12.0 Å². The smallest absolute Gasteiger partial charge is 0.0581 e. The van der Waals surface area contributed by atoms with Gasteiger partial charge < -0.3 is 5.73 Å². The molecule has 78 valence electrons. The summed E-state index contributed by atoms with van der Waals surface area (Å²) in [6, 6.07) is 10.0. The summed E-state index contributed by atoms with van der Waals surface area (Å²) in [4.78, 5) is 0. The van der Waals surface area contributed by atoms with E-state index < -0.39 is 0 Å². The van der Waals surface area contributed by atoms with Crippen molar-refractivity contribution < 1.29 is 0 Å². The van der Waals surface area contributed by atoms with Crippen molar-refractivity contribution in [1.82, 2.24) is 0 Å². The zero-order valence-corrected chi connectivity index (χ0v) is 9.01. The summed E-state index contributed by atoms with van der Waals surface area (Å²) in [5, 5.41) is 8.14. The van der Waals surface area contributed by atoms with Gasteiger partial charge in [-0.1, -0.05) is 30.3 Å². The van der Waals surface area contributed by atoms with E-state index in [9.17, 15) is 0 Å². The molecule has 0 radical (unpaired) electrons. The van der Waals surface area contributed by atoms with Crippen LogP contribution >= 0.6 is 0 Å². The highest BCUT2D eigenvalue weighted by Crippen LogP contribution is 2.25. The first-order valence-corrected chi connectivity index (χ1v) is 5.09. The lowest BCUT2D eigenvalue weighted by Crippen LogP contribution is -2.29. The molecule has 1 aliphatic rings. The van der Waals surface area contributed by atoms with Gasteiger partial charge in [0.15, 0.2) is 0 Å². The van der Waals surface area contributed by atoms with Gasteiger partial charge in [0.2, 0.25) is 0 Å². The highest BCUT2D eigenvalue weighted by molar-refractivity contribution is 6.09. The van der Waals surface area contributed by atoms with E-state index in [0.29, 0.717) is 0 Å². The van der Waals surface area contributed by atoms with E-state index in [4.69, 9.17) is 5.73 Å². The van der Waals surface area contributed by atoms with Crippen molar-refractivity contribution in [2.24, 2.45) is 21.9 Å². The summed E-state index contributed by atoms with van der Waals surface area (Å²) in [6.07, 6.45) is 0. The molecule has 0 saturated carbocycles. The summed E-state index contributed by atoms with van der Waals surface area (Å²) in [5.74, 6) is 0.160. The van der Waals surface area contributed by atoms with Crippen molar-refractivity contribution in [3.8, 4) is 0 Å². The molecule has 1 aromatic rings. The van der Waals surface area contributed by atoms with E-state index in [1.54, 1.807) is 0 Å². The van der Waals surface area contributed by atoms with Crippen molar-refractivity contribution in [3.05, 3.63) is 35.9 Å². The largest absolute Gasteiger partial charge is 0.323 e. The molecule has 3 nitrogen and oxygen atoms in total. The lowest BCUT2D eigenvalue weighted by molar-refractivity contribution is 0.678. The summed E-state index contributed by atoms with van der Waals surface area (Å²) >= 11 is 0. The lowest BCUT2D eigenvalue weighted by atomic mass is 9.87. The predicted molar refractivity (Wildman–Crippen MR) is 63.1 cm³/mol. The number of nitrogens with two attached hydrogens (primary N) is 1. The molecular weight excluding hydrogens is 186 g/mol. The van der Waals surface area contributed by atoms with Crippen LogP contribution in [0.5, 0.6) is 0 Å². The first-order valence-electron chi connectivity index (χ1n) is 5.09. The molecule has 0 bridgehead atoms. The molecule has 0 spiro atoms. The van der Waals surface area contributed by atoms with Crippen LogP contribution in [-0.2, 0) is 0 Å². The number of nitrogens with zero attached hydrogens (tertiary/aromatic N) is 2. The highest BCUT2D eigenvalue weighted by atomic mass is 15.2. The van der Waals surface area contributed by atoms with Crippen LogP contribution in [0, 0.1) is 5.92 Å². The topological polar surface area (TPSA) is 50.7 Å². The van der Waals surface area contributed by atoms with Crippen molar-refractivity contribution in [2.75, 3.05) is 0 Å². The van der Waals surface area contributed by atoms with Crippen molar-refractivity contribution in [2.45, 2.75) is 19.9 Å². The molecule has 15 heavy (non-hydrogen) atoms. The summed E-state index contributed by atoms with van der Waals surface area (Å²) in [6.45, 7) is 3.96. The van der Waals surface area contributed by atoms with Gasteiger partial charge in [-0.05, 0) is 19.4 Å². The van der Waals surface area contributed by atoms with Gasteiger partial charge in [-0.25, -0.2) is 0 Å². The van der Waals surface area contributed by atoms with E-state index in [0.717, 1.165) is 17.0 Å². The Hall–Kier alpha value is -1.48. The minimum absolute atomic E-state index is 0.0406. The van der Waals surface area contributed by atoms with E-state index >= 15 is 0 Å². The van der Waals surface area contributed by atoms with Gasteiger partial charge in [-0.3, -0.25) is 0 Å². The average molecular weight is 201 g/mol. The Morgan fingerprint density at radius 3 is 2.13 bits per heavy atom. The van der Waals surface area contributed by atoms with Gasteiger partial charge in [0.25, 0.3) is 0 Å². The third kappa shape index (κ3) is 1.83. The summed E-state index contributed by atoms with van der Waals surface area (Å²) in [7, 11) is 0. The molecular formula is C12H15N3. The van der Waals surface area contributed by atoms with Crippen LogP contribution in [0.15, 0.2) is 40.5 Å². The molecule has 2 rings (SSSR count). The van der Waals surface area contributed by atoms with Crippen molar-refractivity contribution in [3.63, 3.8) is 0 Å².